The number of nitrogens with one attached hydrogen (secondary N) is 1. The van der Waals surface area contributed by atoms with E-state index in [0.29, 0.717) is 5.69 Å². The molecule has 0 fully saturated rings. The molecule has 1 amide bonds. The van der Waals surface area contributed by atoms with E-state index in [2.05, 4.69) is 10.3 Å². The van der Waals surface area contributed by atoms with Gasteiger partial charge in [0.25, 0.3) is 0 Å². The van der Waals surface area contributed by atoms with Gasteiger partial charge in [-0.1, -0.05) is 17.7 Å². The van der Waals surface area contributed by atoms with E-state index in [9.17, 15) is 18.0 Å². The molecule has 4 nitrogen and oxygen atoms in total. The maximum absolute atomic E-state index is 13.8. The van der Waals surface area contributed by atoms with Crippen LogP contribution >= 0.6 is 11.6 Å². The van der Waals surface area contributed by atoms with Crippen LogP contribution in [0.2, 0.25) is 5.02 Å². The number of amides is 1. The molecule has 3 rings (SSSR count). The Hall–Kier alpha value is -2.12. The minimum atomic E-state index is -4.57. The van der Waals surface area contributed by atoms with Crippen molar-refractivity contribution >= 4 is 23.2 Å². The highest BCUT2D eigenvalue weighted by Gasteiger charge is 2.47. The van der Waals surface area contributed by atoms with E-state index in [4.69, 9.17) is 11.6 Å². The third-order valence-corrected chi connectivity index (χ3v) is 3.93. The van der Waals surface area contributed by atoms with Crippen LogP contribution in [-0.2, 0) is 11.3 Å². The van der Waals surface area contributed by atoms with E-state index in [1.165, 1.54) is 24.4 Å². The number of benzene rings is 1. The van der Waals surface area contributed by atoms with Crippen molar-refractivity contribution in [3.8, 4) is 0 Å². The number of fused-ring (bicyclic) bond motifs is 1. The van der Waals surface area contributed by atoms with Gasteiger partial charge in [-0.15, -0.1) is 0 Å². The second-order valence-electron chi connectivity index (χ2n) is 5.45. The molecule has 0 aliphatic carbocycles. The summed E-state index contributed by atoms with van der Waals surface area (Å²) in [5.74, 6) is -0.513. The molecule has 1 N–H and O–H groups in total. The van der Waals surface area contributed by atoms with Crippen molar-refractivity contribution in [1.29, 1.82) is 0 Å². The number of carbonyl (C=O) groups excluding carboxylic acids is 1. The van der Waals surface area contributed by atoms with Crippen LogP contribution < -0.4 is 5.32 Å². The van der Waals surface area contributed by atoms with Gasteiger partial charge in [-0.2, -0.15) is 13.2 Å². The molecule has 0 spiro atoms. The Labute approximate surface area is 141 Å². The molecule has 2 heterocycles. The van der Waals surface area contributed by atoms with Gasteiger partial charge in [0.2, 0.25) is 5.91 Å². The first-order valence-corrected chi connectivity index (χ1v) is 7.52. The van der Waals surface area contributed by atoms with Crippen molar-refractivity contribution in [2.45, 2.75) is 18.8 Å². The first-order valence-electron chi connectivity index (χ1n) is 7.14. The number of aromatic nitrogens is 1. The number of carbonyl (C=O) groups is 1. The number of rotatable bonds is 2. The second-order valence-corrected chi connectivity index (χ2v) is 5.89. The fraction of sp³-hybridized carbons (Fsp3) is 0.250. The minimum absolute atomic E-state index is 0.0724. The summed E-state index contributed by atoms with van der Waals surface area (Å²) in [6, 6.07) is 7.11. The average molecular weight is 356 g/mol. The van der Waals surface area contributed by atoms with Crippen molar-refractivity contribution < 1.29 is 18.0 Å². The van der Waals surface area contributed by atoms with Gasteiger partial charge in [-0.3, -0.25) is 14.7 Å². The van der Waals surface area contributed by atoms with Crippen LogP contribution in [0, 0.1) is 0 Å². The van der Waals surface area contributed by atoms with E-state index >= 15 is 0 Å². The zero-order valence-corrected chi connectivity index (χ0v) is 13.1. The number of hydrogen-bond acceptors (Lipinski definition) is 3. The summed E-state index contributed by atoms with van der Waals surface area (Å²) in [6.45, 7) is -0.503. The molecular weight excluding hydrogens is 343 g/mol. The van der Waals surface area contributed by atoms with Gasteiger partial charge < -0.3 is 5.32 Å². The molecular formula is C16H13ClF3N3O. The fourth-order valence-electron chi connectivity index (χ4n) is 2.77. The first-order chi connectivity index (χ1) is 11.3. The molecule has 1 aromatic heterocycles. The number of alkyl halides is 3. The molecule has 1 unspecified atom stereocenters. The summed E-state index contributed by atoms with van der Waals surface area (Å²) in [5, 5.41) is 2.69. The first kappa shape index (κ1) is 16.7. The summed E-state index contributed by atoms with van der Waals surface area (Å²) in [5.41, 5.74) is 0.497. The van der Waals surface area contributed by atoms with Crippen LogP contribution in [0.15, 0.2) is 42.6 Å². The largest absolute Gasteiger partial charge is 0.408 e. The van der Waals surface area contributed by atoms with Crippen molar-refractivity contribution in [2.75, 3.05) is 11.9 Å². The van der Waals surface area contributed by atoms with Crippen molar-refractivity contribution in [3.05, 3.63) is 58.9 Å². The number of hydrogen-bond donors (Lipinski definition) is 1. The number of anilines is 1. The lowest BCUT2D eigenvalue weighted by atomic mass is 10.0. The molecule has 1 aliphatic rings. The Balaban J connectivity index is 2.07. The summed E-state index contributed by atoms with van der Waals surface area (Å²) in [7, 11) is 0. The van der Waals surface area contributed by atoms with Crippen LogP contribution in [0.4, 0.5) is 18.9 Å². The highest BCUT2D eigenvalue weighted by atomic mass is 35.5. The molecule has 24 heavy (non-hydrogen) atoms. The molecule has 126 valence electrons. The topological polar surface area (TPSA) is 45.2 Å². The van der Waals surface area contributed by atoms with Crippen LogP contribution in [0.5, 0.6) is 0 Å². The van der Waals surface area contributed by atoms with Gasteiger partial charge in [0.1, 0.15) is 6.04 Å². The summed E-state index contributed by atoms with van der Waals surface area (Å²) >= 11 is 5.88. The molecule has 1 aromatic carbocycles. The summed E-state index contributed by atoms with van der Waals surface area (Å²) < 4.78 is 41.3. The van der Waals surface area contributed by atoms with Gasteiger partial charge in [0.15, 0.2) is 0 Å². The molecule has 1 aliphatic heterocycles. The molecule has 0 bridgehead atoms. The van der Waals surface area contributed by atoms with E-state index in [1.807, 2.05) is 0 Å². The van der Waals surface area contributed by atoms with E-state index in [-0.39, 0.29) is 22.8 Å². The van der Waals surface area contributed by atoms with Crippen molar-refractivity contribution in [3.63, 3.8) is 0 Å². The Bertz CT molecular complexity index is 752. The Morgan fingerprint density at radius 1 is 1.29 bits per heavy atom. The van der Waals surface area contributed by atoms with E-state index in [1.54, 1.807) is 18.2 Å². The van der Waals surface area contributed by atoms with Gasteiger partial charge in [0, 0.05) is 29.0 Å². The maximum Gasteiger partial charge on any atom is 0.408 e. The maximum atomic E-state index is 13.8. The van der Waals surface area contributed by atoms with Gasteiger partial charge in [-0.05, 0) is 30.3 Å². The molecule has 8 heteroatoms. The molecule has 1 atom stereocenters. The predicted molar refractivity (Wildman–Crippen MR) is 83.5 cm³/mol. The van der Waals surface area contributed by atoms with E-state index in [0.717, 1.165) is 4.90 Å². The predicted octanol–water partition coefficient (Wildman–Crippen LogP) is 3.79. The van der Waals surface area contributed by atoms with Crippen LogP contribution in [0.25, 0.3) is 0 Å². The van der Waals surface area contributed by atoms with Crippen LogP contribution in [-0.4, -0.2) is 28.5 Å². The van der Waals surface area contributed by atoms with Crippen molar-refractivity contribution in [1.82, 2.24) is 9.88 Å². The smallest absolute Gasteiger partial charge is 0.325 e. The zero-order valence-electron chi connectivity index (χ0n) is 12.3. The number of pyridine rings is 1. The van der Waals surface area contributed by atoms with E-state index < -0.39 is 24.7 Å². The zero-order chi connectivity index (χ0) is 17.3. The van der Waals surface area contributed by atoms with Crippen LogP contribution in [0.3, 0.4) is 0 Å². The number of halogens is 4. The minimum Gasteiger partial charge on any atom is -0.325 e. The SMILES string of the molecule is O=C1CN(Cc2ccccn2)C(C(F)(F)F)c2cc(Cl)ccc2N1. The molecule has 0 radical (unpaired) electrons. The van der Waals surface area contributed by atoms with Crippen LogP contribution in [0.1, 0.15) is 17.3 Å². The lowest BCUT2D eigenvalue weighted by molar-refractivity contribution is -0.187. The standard InChI is InChI=1S/C16H13ClF3N3O/c17-10-4-5-13-12(7-10)15(16(18,19)20)23(9-14(24)22-13)8-11-3-1-2-6-21-11/h1-7,15H,8-9H2,(H,22,24). The molecule has 2 aromatic rings. The fourth-order valence-corrected chi connectivity index (χ4v) is 2.95. The highest BCUT2D eigenvalue weighted by Crippen LogP contribution is 2.43. The normalized spacial score (nSPS) is 18.7. The second kappa shape index (κ2) is 6.41. The molecule has 0 saturated carbocycles. The third kappa shape index (κ3) is 3.52. The summed E-state index contributed by atoms with van der Waals surface area (Å²) in [4.78, 5) is 17.1. The van der Waals surface area contributed by atoms with Gasteiger partial charge >= 0.3 is 6.18 Å². The van der Waals surface area contributed by atoms with Gasteiger partial charge in [-0.25, -0.2) is 0 Å². The lowest BCUT2D eigenvalue weighted by Crippen LogP contribution is -2.40. The quantitative estimate of drug-likeness (QED) is 0.891. The summed E-state index contributed by atoms with van der Waals surface area (Å²) in [6.07, 6.45) is -3.07. The molecule has 0 saturated heterocycles. The van der Waals surface area contributed by atoms with Gasteiger partial charge in [0.05, 0.1) is 12.2 Å². The monoisotopic (exact) mass is 355 g/mol. The van der Waals surface area contributed by atoms with Crippen molar-refractivity contribution in [2.24, 2.45) is 0 Å². The average Bonchev–Trinajstić information content (AvgIpc) is 2.62. The Morgan fingerprint density at radius 3 is 2.75 bits per heavy atom. The Kier molecular flexibility index (Phi) is 4.47. The lowest BCUT2D eigenvalue weighted by Gasteiger charge is -2.31. The third-order valence-electron chi connectivity index (χ3n) is 3.70. The number of nitrogens with zero attached hydrogens (tertiary/aromatic N) is 2. The highest BCUT2D eigenvalue weighted by molar-refractivity contribution is 6.30. The Morgan fingerprint density at radius 2 is 2.08 bits per heavy atom.